The first-order chi connectivity index (χ1) is 12.3. The number of amides is 2. The summed E-state index contributed by atoms with van der Waals surface area (Å²) in [7, 11) is 0. The van der Waals surface area contributed by atoms with Gasteiger partial charge in [-0.25, -0.2) is 0 Å². The van der Waals surface area contributed by atoms with Gasteiger partial charge < -0.3 is 20.7 Å². The molecule has 2 aromatic rings. The zero-order valence-corrected chi connectivity index (χ0v) is 13.3. The molecule has 26 heavy (non-hydrogen) atoms. The van der Waals surface area contributed by atoms with Crippen LogP contribution in [0.2, 0.25) is 0 Å². The Kier molecular flexibility index (Phi) is 4.70. The van der Waals surface area contributed by atoms with Gasteiger partial charge in [-0.05, 0) is 30.3 Å². The summed E-state index contributed by atoms with van der Waals surface area (Å²) in [6.45, 7) is -1.37. The summed E-state index contributed by atoms with van der Waals surface area (Å²) in [4.78, 5) is 23.7. The van der Waals surface area contributed by atoms with E-state index in [-0.39, 0.29) is 29.5 Å². The van der Waals surface area contributed by atoms with Crippen LogP contribution in [-0.4, -0.2) is 31.1 Å². The molecule has 1 heterocycles. The molecule has 136 valence electrons. The molecule has 1 aliphatic heterocycles. The molecule has 0 saturated carbocycles. The largest absolute Gasteiger partial charge is 0.482 e. The SMILES string of the molecule is O=C1COc2cc(C(=O)Nc3ccccc3NCC(F)(F)F)ccc2N1. The van der Waals surface area contributed by atoms with Gasteiger partial charge in [0.15, 0.2) is 6.61 Å². The van der Waals surface area contributed by atoms with E-state index < -0.39 is 18.6 Å². The second-order valence-corrected chi connectivity index (χ2v) is 5.52. The lowest BCUT2D eigenvalue weighted by Crippen LogP contribution is -2.25. The second-order valence-electron chi connectivity index (χ2n) is 5.52. The number of anilines is 3. The lowest BCUT2D eigenvalue weighted by molar-refractivity contribution is -0.118. The molecular formula is C17H14F3N3O3. The highest BCUT2D eigenvalue weighted by molar-refractivity contribution is 6.07. The van der Waals surface area contributed by atoms with Crippen molar-refractivity contribution in [2.45, 2.75) is 6.18 Å². The van der Waals surface area contributed by atoms with E-state index in [1.54, 1.807) is 12.1 Å². The maximum Gasteiger partial charge on any atom is 0.405 e. The van der Waals surface area contributed by atoms with Gasteiger partial charge in [-0.3, -0.25) is 9.59 Å². The highest BCUT2D eigenvalue weighted by Crippen LogP contribution is 2.29. The lowest BCUT2D eigenvalue weighted by Gasteiger charge is -2.18. The number of ether oxygens (including phenoxy) is 1. The van der Waals surface area contributed by atoms with Crippen LogP contribution in [0.3, 0.4) is 0 Å². The van der Waals surface area contributed by atoms with Crippen LogP contribution in [0.1, 0.15) is 10.4 Å². The zero-order chi connectivity index (χ0) is 18.7. The topological polar surface area (TPSA) is 79.5 Å². The average Bonchev–Trinajstić information content (AvgIpc) is 2.59. The molecule has 0 radical (unpaired) electrons. The number of carbonyl (C=O) groups excluding carboxylic acids is 2. The summed E-state index contributed by atoms with van der Waals surface area (Å²) in [5, 5.41) is 7.42. The minimum Gasteiger partial charge on any atom is -0.482 e. The zero-order valence-electron chi connectivity index (χ0n) is 13.3. The number of fused-ring (bicyclic) bond motifs is 1. The molecule has 3 N–H and O–H groups in total. The van der Waals surface area contributed by atoms with Gasteiger partial charge in [0.25, 0.3) is 11.8 Å². The van der Waals surface area contributed by atoms with Crippen LogP contribution in [0.25, 0.3) is 0 Å². The molecule has 0 fully saturated rings. The first-order valence-electron chi connectivity index (χ1n) is 7.59. The predicted molar refractivity (Wildman–Crippen MR) is 89.5 cm³/mol. The quantitative estimate of drug-likeness (QED) is 0.777. The van der Waals surface area contributed by atoms with E-state index in [9.17, 15) is 22.8 Å². The summed E-state index contributed by atoms with van der Waals surface area (Å²) >= 11 is 0. The summed E-state index contributed by atoms with van der Waals surface area (Å²) < 4.78 is 42.4. The molecular weight excluding hydrogens is 351 g/mol. The van der Waals surface area contributed by atoms with Crippen LogP contribution in [0.5, 0.6) is 5.75 Å². The van der Waals surface area contributed by atoms with E-state index in [1.807, 2.05) is 0 Å². The average molecular weight is 365 g/mol. The summed E-state index contributed by atoms with van der Waals surface area (Å²) in [6, 6.07) is 10.5. The van der Waals surface area contributed by atoms with Crippen molar-refractivity contribution < 1.29 is 27.5 Å². The van der Waals surface area contributed by atoms with E-state index >= 15 is 0 Å². The summed E-state index contributed by atoms with van der Waals surface area (Å²) in [6.07, 6.45) is -4.38. The van der Waals surface area contributed by atoms with Gasteiger partial charge in [0.05, 0.1) is 17.1 Å². The molecule has 2 amide bonds. The smallest absolute Gasteiger partial charge is 0.405 e. The van der Waals surface area contributed by atoms with Crippen LogP contribution in [0.4, 0.5) is 30.2 Å². The van der Waals surface area contributed by atoms with Gasteiger partial charge in [0.1, 0.15) is 12.3 Å². The second kappa shape index (κ2) is 6.95. The number of nitrogens with one attached hydrogen (secondary N) is 3. The van der Waals surface area contributed by atoms with Gasteiger partial charge in [0.2, 0.25) is 0 Å². The number of para-hydroxylation sites is 2. The molecule has 3 rings (SSSR count). The molecule has 0 aliphatic carbocycles. The fourth-order valence-electron chi connectivity index (χ4n) is 2.35. The van der Waals surface area contributed by atoms with Crippen LogP contribution in [-0.2, 0) is 4.79 Å². The van der Waals surface area contributed by atoms with Crippen molar-refractivity contribution in [2.75, 3.05) is 29.1 Å². The van der Waals surface area contributed by atoms with E-state index in [4.69, 9.17) is 4.74 Å². The van der Waals surface area contributed by atoms with Gasteiger partial charge in [-0.2, -0.15) is 13.2 Å². The van der Waals surface area contributed by atoms with Crippen molar-refractivity contribution in [3.8, 4) is 5.75 Å². The summed E-state index contributed by atoms with van der Waals surface area (Å²) in [5.74, 6) is -0.463. The third kappa shape index (κ3) is 4.24. The lowest BCUT2D eigenvalue weighted by atomic mass is 10.1. The summed E-state index contributed by atoms with van der Waals surface area (Å²) in [5.41, 5.74) is 1.06. The molecule has 0 saturated heterocycles. The van der Waals surface area contributed by atoms with Crippen molar-refractivity contribution in [3.05, 3.63) is 48.0 Å². The van der Waals surface area contributed by atoms with Crippen molar-refractivity contribution in [2.24, 2.45) is 0 Å². The standard InChI is InChI=1S/C17H14F3N3O3/c18-17(19,20)9-21-11-3-1-2-4-12(11)23-16(25)10-5-6-13-14(7-10)26-8-15(24)22-13/h1-7,21H,8-9H2,(H,22,24)(H,23,25). The molecule has 0 unspecified atom stereocenters. The van der Waals surface area contributed by atoms with Gasteiger partial charge in [-0.1, -0.05) is 12.1 Å². The van der Waals surface area contributed by atoms with Crippen molar-refractivity contribution in [1.29, 1.82) is 0 Å². The first kappa shape index (κ1) is 17.6. The van der Waals surface area contributed by atoms with Crippen LogP contribution in [0, 0.1) is 0 Å². The normalized spacial score (nSPS) is 13.3. The van der Waals surface area contributed by atoms with Crippen LogP contribution in [0.15, 0.2) is 42.5 Å². The molecule has 9 heteroatoms. The van der Waals surface area contributed by atoms with E-state index in [2.05, 4.69) is 16.0 Å². The minimum absolute atomic E-state index is 0.151. The third-order valence-corrected chi connectivity index (χ3v) is 3.53. The van der Waals surface area contributed by atoms with E-state index in [0.717, 1.165) is 0 Å². The number of hydrogen-bond donors (Lipinski definition) is 3. The van der Waals surface area contributed by atoms with Gasteiger partial charge in [-0.15, -0.1) is 0 Å². The van der Waals surface area contributed by atoms with Crippen LogP contribution >= 0.6 is 0 Å². The molecule has 1 aliphatic rings. The molecule has 0 atom stereocenters. The number of carbonyl (C=O) groups is 2. The number of hydrogen-bond acceptors (Lipinski definition) is 4. The third-order valence-electron chi connectivity index (χ3n) is 3.53. The van der Waals surface area contributed by atoms with Crippen molar-refractivity contribution in [1.82, 2.24) is 0 Å². The monoisotopic (exact) mass is 365 g/mol. The maximum absolute atomic E-state index is 12.4. The molecule has 0 bridgehead atoms. The number of benzene rings is 2. The Bertz CT molecular complexity index is 853. The van der Waals surface area contributed by atoms with Gasteiger partial charge in [0, 0.05) is 5.56 Å². The Balaban J connectivity index is 1.75. The van der Waals surface area contributed by atoms with Crippen molar-refractivity contribution >= 4 is 28.9 Å². The predicted octanol–water partition coefficient (Wildman–Crippen LogP) is 3.24. The van der Waals surface area contributed by atoms with Gasteiger partial charge >= 0.3 is 6.18 Å². The number of rotatable bonds is 4. The fourth-order valence-corrected chi connectivity index (χ4v) is 2.35. The highest BCUT2D eigenvalue weighted by Gasteiger charge is 2.27. The fraction of sp³-hybridized carbons (Fsp3) is 0.176. The first-order valence-corrected chi connectivity index (χ1v) is 7.59. The molecule has 6 nitrogen and oxygen atoms in total. The molecule has 2 aromatic carbocycles. The number of halogens is 3. The van der Waals surface area contributed by atoms with Crippen LogP contribution < -0.4 is 20.7 Å². The number of alkyl halides is 3. The Labute approximate surface area is 146 Å². The van der Waals surface area contributed by atoms with E-state index in [0.29, 0.717) is 11.4 Å². The molecule has 0 spiro atoms. The molecule has 0 aromatic heterocycles. The Morgan fingerprint density at radius 3 is 2.62 bits per heavy atom. The Hall–Kier alpha value is -3.23. The maximum atomic E-state index is 12.4. The van der Waals surface area contributed by atoms with Crippen molar-refractivity contribution in [3.63, 3.8) is 0 Å². The minimum atomic E-state index is -4.38. The highest BCUT2D eigenvalue weighted by atomic mass is 19.4. The Morgan fingerprint density at radius 2 is 1.88 bits per heavy atom. The van der Waals surface area contributed by atoms with E-state index in [1.165, 1.54) is 30.3 Å². The Morgan fingerprint density at radius 1 is 1.15 bits per heavy atom.